The third-order valence-corrected chi connectivity index (χ3v) is 6.10. The fourth-order valence-electron chi connectivity index (χ4n) is 4.13. The lowest BCUT2D eigenvalue weighted by molar-refractivity contribution is -0.384. The van der Waals surface area contributed by atoms with Crippen LogP contribution in [0.15, 0.2) is 52.9 Å². The summed E-state index contributed by atoms with van der Waals surface area (Å²) < 4.78 is 11.1. The number of aliphatic hydroxyl groups is 1. The number of ether oxygens (including phenoxy) is 1. The average Bonchev–Trinajstić information content (AvgIpc) is 3.33. The van der Waals surface area contributed by atoms with E-state index in [-0.39, 0.29) is 17.9 Å². The van der Waals surface area contributed by atoms with Crippen molar-refractivity contribution in [1.82, 2.24) is 0 Å². The molecule has 2 aromatic carbocycles. The quantitative estimate of drug-likeness (QED) is 0.378. The molecular formula is C25H27N3O6. The van der Waals surface area contributed by atoms with Crippen LogP contribution in [0.4, 0.5) is 17.1 Å². The van der Waals surface area contributed by atoms with Crippen molar-refractivity contribution in [1.29, 1.82) is 0 Å². The van der Waals surface area contributed by atoms with E-state index >= 15 is 0 Å². The van der Waals surface area contributed by atoms with E-state index in [0.717, 1.165) is 25.9 Å². The molecule has 4 rings (SSSR count). The number of furan rings is 1. The lowest BCUT2D eigenvalue weighted by atomic mass is 9.97. The van der Waals surface area contributed by atoms with Crippen molar-refractivity contribution in [3.05, 3.63) is 70.0 Å². The summed E-state index contributed by atoms with van der Waals surface area (Å²) in [5.41, 5.74) is 1.88. The van der Waals surface area contributed by atoms with Crippen LogP contribution >= 0.6 is 0 Å². The fourth-order valence-corrected chi connectivity index (χ4v) is 4.13. The van der Waals surface area contributed by atoms with Crippen LogP contribution in [-0.2, 0) is 6.61 Å². The second kappa shape index (κ2) is 9.96. The molecule has 0 radical (unpaired) electrons. The number of hydrogen-bond donors (Lipinski definition) is 2. The van der Waals surface area contributed by atoms with E-state index in [9.17, 15) is 20.0 Å². The normalized spacial score (nSPS) is 14.1. The summed E-state index contributed by atoms with van der Waals surface area (Å²) in [6.07, 6.45) is 2.00. The molecule has 2 N–H and O–H groups in total. The molecule has 9 nitrogen and oxygen atoms in total. The van der Waals surface area contributed by atoms with Gasteiger partial charge >= 0.3 is 0 Å². The number of hydrogen-bond acceptors (Lipinski definition) is 7. The van der Waals surface area contributed by atoms with Crippen molar-refractivity contribution in [2.24, 2.45) is 5.92 Å². The number of non-ortho nitro benzene ring substituents is 1. The second-order valence-electron chi connectivity index (χ2n) is 8.42. The molecule has 3 aromatic rings. The van der Waals surface area contributed by atoms with Crippen molar-refractivity contribution >= 4 is 23.0 Å². The van der Waals surface area contributed by atoms with Gasteiger partial charge in [0.05, 0.1) is 28.8 Å². The molecular weight excluding hydrogens is 438 g/mol. The third kappa shape index (κ3) is 4.89. The van der Waals surface area contributed by atoms with Gasteiger partial charge in [-0.25, -0.2) is 0 Å². The summed E-state index contributed by atoms with van der Waals surface area (Å²) in [5, 5.41) is 23.5. The number of rotatable bonds is 7. The number of carbonyl (C=O) groups is 1. The van der Waals surface area contributed by atoms with Gasteiger partial charge in [-0.05, 0) is 55.2 Å². The van der Waals surface area contributed by atoms with E-state index in [1.807, 2.05) is 0 Å². The van der Waals surface area contributed by atoms with E-state index in [0.29, 0.717) is 40.1 Å². The number of nitrogens with one attached hydrogen (secondary N) is 1. The Kier molecular flexibility index (Phi) is 6.83. The van der Waals surface area contributed by atoms with Gasteiger partial charge < -0.3 is 24.5 Å². The SMILES string of the molecule is COc1ccc(NC(=O)c2cc([N+](=O)[O-])ccc2N2CCC(C)CC2)cc1-c1ccc(CO)o1. The van der Waals surface area contributed by atoms with Crippen molar-refractivity contribution in [2.75, 3.05) is 30.4 Å². The van der Waals surface area contributed by atoms with E-state index in [2.05, 4.69) is 17.1 Å². The van der Waals surface area contributed by atoms with Gasteiger partial charge in [-0.2, -0.15) is 0 Å². The topological polar surface area (TPSA) is 118 Å². The summed E-state index contributed by atoms with van der Waals surface area (Å²) in [4.78, 5) is 26.3. The fraction of sp³-hybridized carbons (Fsp3) is 0.320. The number of nitrogens with zero attached hydrogens (tertiary/aromatic N) is 2. The van der Waals surface area contributed by atoms with Crippen LogP contribution in [0.25, 0.3) is 11.3 Å². The van der Waals surface area contributed by atoms with Gasteiger partial charge in [0, 0.05) is 30.9 Å². The highest BCUT2D eigenvalue weighted by atomic mass is 16.6. The lowest BCUT2D eigenvalue weighted by Crippen LogP contribution is -2.34. The van der Waals surface area contributed by atoms with Crippen molar-refractivity contribution in [2.45, 2.75) is 26.4 Å². The second-order valence-corrected chi connectivity index (χ2v) is 8.42. The molecule has 0 spiro atoms. The minimum atomic E-state index is -0.500. The molecule has 1 amide bonds. The number of anilines is 2. The molecule has 1 aliphatic heterocycles. The Morgan fingerprint density at radius 2 is 1.97 bits per heavy atom. The summed E-state index contributed by atoms with van der Waals surface area (Å²) in [7, 11) is 1.53. The van der Waals surface area contributed by atoms with Crippen molar-refractivity contribution in [3.8, 4) is 17.1 Å². The number of aliphatic hydroxyl groups excluding tert-OH is 1. The van der Waals surface area contributed by atoms with Crippen LogP contribution in [0.2, 0.25) is 0 Å². The van der Waals surface area contributed by atoms with Crippen molar-refractivity contribution in [3.63, 3.8) is 0 Å². The number of nitro benzene ring substituents is 1. The van der Waals surface area contributed by atoms with Crippen LogP contribution in [0.1, 0.15) is 35.9 Å². The van der Waals surface area contributed by atoms with Gasteiger partial charge in [-0.15, -0.1) is 0 Å². The Labute approximate surface area is 197 Å². The Balaban J connectivity index is 1.66. The first-order valence-electron chi connectivity index (χ1n) is 11.1. The molecule has 1 aliphatic rings. The minimum absolute atomic E-state index is 0.137. The Morgan fingerprint density at radius 1 is 1.21 bits per heavy atom. The number of benzene rings is 2. The number of amides is 1. The van der Waals surface area contributed by atoms with Gasteiger partial charge in [0.15, 0.2) is 0 Å². The zero-order valence-corrected chi connectivity index (χ0v) is 19.1. The van der Waals surface area contributed by atoms with Crippen LogP contribution in [-0.4, -0.2) is 36.1 Å². The smallest absolute Gasteiger partial charge is 0.270 e. The number of piperidine rings is 1. The monoisotopic (exact) mass is 465 g/mol. The summed E-state index contributed by atoms with van der Waals surface area (Å²) in [5.74, 6) is 1.59. The maximum Gasteiger partial charge on any atom is 0.270 e. The summed E-state index contributed by atoms with van der Waals surface area (Å²) in [6.45, 7) is 3.55. The van der Waals surface area contributed by atoms with Crippen LogP contribution in [0.5, 0.6) is 5.75 Å². The number of methoxy groups -OCH3 is 1. The van der Waals surface area contributed by atoms with Gasteiger partial charge in [-0.3, -0.25) is 14.9 Å². The molecule has 1 fully saturated rings. The highest BCUT2D eigenvalue weighted by molar-refractivity contribution is 6.09. The molecule has 0 saturated carbocycles. The Bertz CT molecular complexity index is 1200. The number of nitro groups is 1. The molecule has 0 atom stereocenters. The maximum atomic E-state index is 13.3. The van der Waals surface area contributed by atoms with Crippen LogP contribution < -0.4 is 15.0 Å². The van der Waals surface area contributed by atoms with Crippen LogP contribution in [0, 0.1) is 16.0 Å². The lowest BCUT2D eigenvalue weighted by Gasteiger charge is -2.33. The Hall–Kier alpha value is -3.85. The number of carbonyl (C=O) groups excluding carboxylic acids is 1. The predicted molar refractivity (Wildman–Crippen MR) is 128 cm³/mol. The first-order chi connectivity index (χ1) is 16.4. The van der Waals surface area contributed by atoms with Gasteiger partial charge in [0.25, 0.3) is 11.6 Å². The van der Waals surface area contributed by atoms with E-state index in [4.69, 9.17) is 9.15 Å². The maximum absolute atomic E-state index is 13.3. The summed E-state index contributed by atoms with van der Waals surface area (Å²) >= 11 is 0. The molecule has 2 heterocycles. The molecule has 0 bridgehead atoms. The molecule has 0 unspecified atom stereocenters. The van der Waals surface area contributed by atoms with Gasteiger partial charge in [0.2, 0.25) is 0 Å². The molecule has 0 aliphatic carbocycles. The zero-order valence-electron chi connectivity index (χ0n) is 19.1. The first kappa shape index (κ1) is 23.3. The zero-order chi connectivity index (χ0) is 24.2. The predicted octanol–water partition coefficient (Wildman–Crippen LogP) is 4.84. The standard InChI is InChI=1S/C25H27N3O6/c1-16-9-11-27(12-10-16)22-6-4-18(28(31)32)14-20(22)25(30)26-17-3-7-23(33-2)21(13-17)24-8-5-19(15-29)34-24/h3-8,13-14,16,29H,9-12,15H2,1-2H3,(H,26,30). The molecule has 178 valence electrons. The minimum Gasteiger partial charge on any atom is -0.496 e. The third-order valence-electron chi connectivity index (χ3n) is 6.10. The molecule has 9 heteroatoms. The molecule has 1 aromatic heterocycles. The van der Waals surface area contributed by atoms with E-state index < -0.39 is 10.8 Å². The van der Waals surface area contributed by atoms with E-state index in [1.165, 1.54) is 19.2 Å². The van der Waals surface area contributed by atoms with Crippen molar-refractivity contribution < 1.29 is 24.0 Å². The molecule has 34 heavy (non-hydrogen) atoms. The highest BCUT2D eigenvalue weighted by Gasteiger charge is 2.24. The average molecular weight is 466 g/mol. The molecule has 1 saturated heterocycles. The van der Waals surface area contributed by atoms with Gasteiger partial charge in [0.1, 0.15) is 23.9 Å². The highest BCUT2D eigenvalue weighted by Crippen LogP contribution is 2.35. The summed E-state index contributed by atoms with van der Waals surface area (Å²) in [6, 6.07) is 12.9. The van der Waals surface area contributed by atoms with Crippen LogP contribution in [0.3, 0.4) is 0 Å². The van der Waals surface area contributed by atoms with Gasteiger partial charge in [-0.1, -0.05) is 6.92 Å². The van der Waals surface area contributed by atoms with E-state index in [1.54, 1.807) is 36.4 Å². The first-order valence-corrected chi connectivity index (χ1v) is 11.1. The Morgan fingerprint density at radius 3 is 2.62 bits per heavy atom. The largest absolute Gasteiger partial charge is 0.496 e.